The first kappa shape index (κ1) is 21.8. The molecule has 1 aliphatic heterocycles. The van der Waals surface area contributed by atoms with E-state index < -0.39 is 10.0 Å². The fourth-order valence-electron chi connectivity index (χ4n) is 3.43. The number of rotatable bonds is 6. The van der Waals surface area contributed by atoms with Gasteiger partial charge in [0.25, 0.3) is 5.91 Å². The Labute approximate surface area is 181 Å². The number of anilines is 1. The van der Waals surface area contributed by atoms with Crippen molar-refractivity contribution in [3.05, 3.63) is 58.1 Å². The summed E-state index contributed by atoms with van der Waals surface area (Å²) in [6, 6.07) is 12.7. The molecule has 0 radical (unpaired) electrons. The van der Waals surface area contributed by atoms with Crippen LogP contribution in [0.4, 0.5) is 5.69 Å². The lowest BCUT2D eigenvalue weighted by Gasteiger charge is -2.25. The highest BCUT2D eigenvalue weighted by atomic mass is 79.9. The predicted octanol–water partition coefficient (Wildman–Crippen LogP) is 3.57. The van der Waals surface area contributed by atoms with Crippen LogP contribution in [0, 0.1) is 0 Å². The van der Waals surface area contributed by atoms with Gasteiger partial charge in [0, 0.05) is 50.9 Å². The van der Waals surface area contributed by atoms with Crippen molar-refractivity contribution in [1.29, 1.82) is 0 Å². The zero-order valence-corrected chi connectivity index (χ0v) is 19.3. The molecule has 0 aromatic heterocycles. The van der Waals surface area contributed by atoms with Crippen molar-refractivity contribution in [3.8, 4) is 0 Å². The third-order valence-electron chi connectivity index (χ3n) is 5.10. The van der Waals surface area contributed by atoms with Crippen molar-refractivity contribution in [2.24, 2.45) is 0 Å². The fourth-order valence-corrected chi connectivity index (χ4v) is 4.63. The Kier molecular flexibility index (Phi) is 6.65. The van der Waals surface area contributed by atoms with E-state index in [2.05, 4.69) is 20.8 Å². The van der Waals surface area contributed by atoms with Crippen molar-refractivity contribution in [2.75, 3.05) is 39.1 Å². The van der Waals surface area contributed by atoms with Crippen LogP contribution in [0.3, 0.4) is 0 Å². The first-order valence-corrected chi connectivity index (χ1v) is 11.7. The number of hydrogen-bond donors (Lipinski definition) is 0. The number of halogens is 1. The molecule has 0 saturated carbocycles. The molecular weight excluding hydrogens is 454 g/mol. The zero-order chi connectivity index (χ0) is 21.2. The minimum atomic E-state index is -3.62. The maximum absolute atomic E-state index is 13.3. The number of carbonyl (C=O) groups excluding carboxylic acids is 1. The molecule has 29 heavy (non-hydrogen) atoms. The molecule has 0 aliphatic carbocycles. The normalized spacial score (nSPS) is 14.4. The molecule has 0 spiro atoms. The molecule has 1 saturated heterocycles. The summed E-state index contributed by atoms with van der Waals surface area (Å²) in [5.74, 6) is -0.189. The van der Waals surface area contributed by atoms with E-state index in [4.69, 9.17) is 0 Å². The molecule has 0 atom stereocenters. The van der Waals surface area contributed by atoms with Crippen LogP contribution in [-0.2, 0) is 16.6 Å². The molecule has 1 aliphatic rings. The van der Waals surface area contributed by atoms with Crippen molar-refractivity contribution < 1.29 is 13.2 Å². The van der Waals surface area contributed by atoms with Crippen LogP contribution in [0.5, 0.6) is 0 Å². The fraction of sp³-hybridized carbons (Fsp3) is 0.381. The molecular formula is C21H26BrN3O3S. The second-order valence-electron chi connectivity index (χ2n) is 7.45. The van der Waals surface area contributed by atoms with E-state index in [1.807, 2.05) is 24.3 Å². The summed E-state index contributed by atoms with van der Waals surface area (Å²) in [6.07, 6.45) is 2.14. The Morgan fingerprint density at radius 2 is 1.66 bits per heavy atom. The lowest BCUT2D eigenvalue weighted by molar-refractivity contribution is 0.0785. The van der Waals surface area contributed by atoms with Crippen molar-refractivity contribution in [1.82, 2.24) is 9.21 Å². The van der Waals surface area contributed by atoms with Gasteiger partial charge in [-0.2, -0.15) is 0 Å². The van der Waals surface area contributed by atoms with Crippen LogP contribution in [-0.4, -0.2) is 57.8 Å². The third-order valence-corrected chi connectivity index (χ3v) is 7.44. The van der Waals surface area contributed by atoms with Gasteiger partial charge in [-0.3, -0.25) is 4.79 Å². The summed E-state index contributed by atoms with van der Waals surface area (Å²) < 4.78 is 27.4. The van der Waals surface area contributed by atoms with Crippen LogP contribution in [0.2, 0.25) is 0 Å². The first-order chi connectivity index (χ1) is 13.7. The molecule has 1 amide bonds. The van der Waals surface area contributed by atoms with E-state index in [1.54, 1.807) is 24.1 Å². The Balaban J connectivity index is 1.97. The molecule has 2 aromatic carbocycles. The second-order valence-corrected chi connectivity index (χ2v) is 10.5. The number of amides is 1. The monoisotopic (exact) mass is 479 g/mol. The average molecular weight is 480 g/mol. The van der Waals surface area contributed by atoms with Crippen LogP contribution >= 0.6 is 15.9 Å². The molecule has 0 unspecified atom stereocenters. The zero-order valence-electron chi connectivity index (χ0n) is 16.9. The van der Waals surface area contributed by atoms with Gasteiger partial charge >= 0.3 is 0 Å². The van der Waals surface area contributed by atoms with Gasteiger partial charge in [-0.25, -0.2) is 12.7 Å². The van der Waals surface area contributed by atoms with E-state index >= 15 is 0 Å². The van der Waals surface area contributed by atoms with E-state index in [9.17, 15) is 13.2 Å². The maximum atomic E-state index is 13.3. The maximum Gasteiger partial charge on any atom is 0.256 e. The molecule has 8 heteroatoms. The van der Waals surface area contributed by atoms with Crippen LogP contribution < -0.4 is 4.90 Å². The number of hydrogen-bond acceptors (Lipinski definition) is 4. The van der Waals surface area contributed by atoms with Gasteiger partial charge in [0.1, 0.15) is 0 Å². The van der Waals surface area contributed by atoms with Gasteiger partial charge in [-0.1, -0.05) is 28.1 Å². The van der Waals surface area contributed by atoms with Crippen LogP contribution in [0.1, 0.15) is 28.8 Å². The highest BCUT2D eigenvalue weighted by Crippen LogP contribution is 2.29. The topological polar surface area (TPSA) is 60.9 Å². The molecule has 156 valence electrons. The van der Waals surface area contributed by atoms with Crippen molar-refractivity contribution in [3.63, 3.8) is 0 Å². The molecule has 3 rings (SSSR count). The molecule has 1 heterocycles. The Morgan fingerprint density at radius 3 is 2.24 bits per heavy atom. The summed E-state index contributed by atoms with van der Waals surface area (Å²) in [7, 11) is 1.10. The first-order valence-electron chi connectivity index (χ1n) is 9.51. The third kappa shape index (κ3) is 4.82. The van der Waals surface area contributed by atoms with Crippen LogP contribution in [0.25, 0.3) is 0 Å². The SMILES string of the molecule is CN(Cc1ccc(Br)cc1)C(=O)c1cc(S(=O)(=O)N(C)C)ccc1N1CCCC1. The van der Waals surface area contributed by atoms with E-state index in [-0.39, 0.29) is 10.8 Å². The standard InChI is InChI=1S/C21H26BrN3O3S/c1-23(2)29(27,28)18-10-11-20(25-12-4-5-13-25)19(14-18)21(26)24(3)15-16-6-8-17(22)9-7-16/h6-11,14H,4-5,12-13,15H2,1-3H3. The van der Waals surface area contributed by atoms with Crippen molar-refractivity contribution in [2.45, 2.75) is 24.3 Å². The quantitative estimate of drug-likeness (QED) is 0.635. The van der Waals surface area contributed by atoms with Crippen molar-refractivity contribution >= 4 is 37.5 Å². The second kappa shape index (κ2) is 8.85. The number of nitrogens with zero attached hydrogens (tertiary/aromatic N) is 3. The number of benzene rings is 2. The summed E-state index contributed by atoms with van der Waals surface area (Å²) in [6.45, 7) is 2.18. The Morgan fingerprint density at radius 1 is 1.03 bits per heavy atom. The average Bonchev–Trinajstić information content (AvgIpc) is 3.23. The lowest BCUT2D eigenvalue weighted by atomic mass is 10.1. The highest BCUT2D eigenvalue weighted by Gasteiger charge is 2.26. The number of sulfonamides is 1. The summed E-state index contributed by atoms with van der Waals surface area (Å²) in [5.41, 5.74) is 2.23. The summed E-state index contributed by atoms with van der Waals surface area (Å²) in [4.78, 5) is 17.2. The highest BCUT2D eigenvalue weighted by molar-refractivity contribution is 9.10. The summed E-state index contributed by atoms with van der Waals surface area (Å²) in [5, 5.41) is 0. The van der Waals surface area contributed by atoms with Crippen LogP contribution in [0.15, 0.2) is 51.8 Å². The summed E-state index contributed by atoms with van der Waals surface area (Å²) >= 11 is 3.42. The van der Waals surface area contributed by atoms with Gasteiger partial charge in [0.05, 0.1) is 10.5 Å². The van der Waals surface area contributed by atoms with E-state index in [0.29, 0.717) is 12.1 Å². The van der Waals surface area contributed by atoms with E-state index in [1.165, 1.54) is 20.2 Å². The van der Waals surface area contributed by atoms with E-state index in [0.717, 1.165) is 46.0 Å². The molecule has 6 nitrogen and oxygen atoms in total. The molecule has 0 N–H and O–H groups in total. The Bertz CT molecular complexity index is 985. The molecule has 0 bridgehead atoms. The van der Waals surface area contributed by atoms with Gasteiger partial charge in [0.2, 0.25) is 10.0 Å². The van der Waals surface area contributed by atoms with Gasteiger partial charge in [0.15, 0.2) is 0 Å². The lowest BCUT2D eigenvalue weighted by Crippen LogP contribution is -2.30. The van der Waals surface area contributed by atoms with Gasteiger partial charge in [-0.05, 0) is 48.7 Å². The predicted molar refractivity (Wildman–Crippen MR) is 119 cm³/mol. The molecule has 1 fully saturated rings. The number of carbonyl (C=O) groups is 1. The minimum Gasteiger partial charge on any atom is -0.371 e. The molecule has 2 aromatic rings. The smallest absolute Gasteiger partial charge is 0.256 e. The van der Waals surface area contributed by atoms with Gasteiger partial charge < -0.3 is 9.80 Å². The largest absolute Gasteiger partial charge is 0.371 e. The Hall–Kier alpha value is -1.90. The minimum absolute atomic E-state index is 0.130. The van der Waals surface area contributed by atoms with Gasteiger partial charge in [-0.15, -0.1) is 0 Å².